The Morgan fingerprint density at radius 1 is 1.22 bits per heavy atom. The molecule has 2 aromatic carbocycles. The van der Waals surface area contributed by atoms with Crippen molar-refractivity contribution in [2.75, 3.05) is 13.1 Å². The average Bonchev–Trinajstić information content (AvgIpc) is 2.52. The van der Waals surface area contributed by atoms with Crippen molar-refractivity contribution < 1.29 is 18.3 Å². The molecule has 1 atom stereocenters. The van der Waals surface area contributed by atoms with Crippen LogP contribution in [0, 0.1) is 5.92 Å². The van der Waals surface area contributed by atoms with Crippen LogP contribution in [0.25, 0.3) is 10.8 Å². The van der Waals surface area contributed by atoms with Gasteiger partial charge in [-0.2, -0.15) is 13.2 Å². The number of alkyl halides is 3. The second kappa shape index (κ2) is 6.21. The fraction of sp³-hybridized carbons (Fsp3) is 0.412. The number of phenols is 1. The molecular formula is C17H17ClF3NO. The molecule has 0 spiro atoms. The van der Waals surface area contributed by atoms with Crippen LogP contribution in [0.1, 0.15) is 18.4 Å². The van der Waals surface area contributed by atoms with Gasteiger partial charge in [-0.3, -0.25) is 4.90 Å². The quantitative estimate of drug-likeness (QED) is 0.832. The molecule has 0 aliphatic carbocycles. The molecular weight excluding hydrogens is 327 g/mol. The molecule has 1 aliphatic rings. The predicted octanol–water partition coefficient (Wildman–Crippen LogP) is 4.97. The molecule has 2 aromatic rings. The summed E-state index contributed by atoms with van der Waals surface area (Å²) in [5, 5.41) is 12.3. The lowest BCUT2D eigenvalue weighted by molar-refractivity contribution is -0.187. The molecule has 23 heavy (non-hydrogen) atoms. The van der Waals surface area contributed by atoms with E-state index in [1.54, 1.807) is 23.1 Å². The summed E-state index contributed by atoms with van der Waals surface area (Å²) in [7, 11) is 0. The fourth-order valence-corrected chi connectivity index (χ4v) is 3.49. The van der Waals surface area contributed by atoms with Crippen molar-refractivity contribution in [1.82, 2.24) is 4.90 Å². The van der Waals surface area contributed by atoms with E-state index < -0.39 is 12.1 Å². The van der Waals surface area contributed by atoms with E-state index in [1.807, 2.05) is 12.1 Å². The predicted molar refractivity (Wildman–Crippen MR) is 84.7 cm³/mol. The number of rotatable bonds is 2. The third-order valence-electron chi connectivity index (χ3n) is 4.41. The van der Waals surface area contributed by atoms with E-state index in [1.165, 1.54) is 0 Å². The first-order chi connectivity index (χ1) is 10.9. The van der Waals surface area contributed by atoms with Crippen LogP contribution >= 0.6 is 11.6 Å². The van der Waals surface area contributed by atoms with Gasteiger partial charge in [-0.1, -0.05) is 35.9 Å². The van der Waals surface area contributed by atoms with Crippen LogP contribution in [0.4, 0.5) is 13.2 Å². The number of halogens is 4. The minimum Gasteiger partial charge on any atom is -0.507 e. The SMILES string of the molecule is Oc1c(CN2CCC[C@H](C(F)(F)F)C2)cc(Cl)c2ccccc12. The van der Waals surface area contributed by atoms with Crippen molar-refractivity contribution in [2.24, 2.45) is 5.92 Å². The molecule has 0 amide bonds. The third kappa shape index (κ3) is 3.40. The van der Waals surface area contributed by atoms with Crippen LogP contribution in [0.2, 0.25) is 5.02 Å². The molecule has 1 heterocycles. The third-order valence-corrected chi connectivity index (χ3v) is 4.72. The smallest absolute Gasteiger partial charge is 0.393 e. The fourth-order valence-electron chi connectivity index (χ4n) is 3.20. The second-order valence-corrected chi connectivity index (χ2v) is 6.43. The number of fused-ring (bicyclic) bond motifs is 1. The summed E-state index contributed by atoms with van der Waals surface area (Å²) in [5.41, 5.74) is 0.566. The molecule has 0 saturated carbocycles. The standard InChI is InChI=1S/C17H17ClF3NO/c18-15-8-11(16(23)14-6-2-1-5-13(14)15)9-22-7-3-4-12(10-22)17(19,20)21/h1-2,5-6,8,12,23H,3-4,7,9-10H2/t12-/m0/s1. The van der Waals surface area contributed by atoms with Crippen LogP contribution in [-0.2, 0) is 6.54 Å². The van der Waals surface area contributed by atoms with Gasteiger partial charge in [-0.25, -0.2) is 0 Å². The molecule has 1 saturated heterocycles. The van der Waals surface area contributed by atoms with Gasteiger partial charge < -0.3 is 5.11 Å². The van der Waals surface area contributed by atoms with Crippen molar-refractivity contribution in [3.63, 3.8) is 0 Å². The summed E-state index contributed by atoms with van der Waals surface area (Å²) < 4.78 is 38.7. The van der Waals surface area contributed by atoms with Crippen molar-refractivity contribution in [3.8, 4) is 5.75 Å². The molecule has 3 rings (SSSR count). The van der Waals surface area contributed by atoms with E-state index >= 15 is 0 Å². The summed E-state index contributed by atoms with van der Waals surface area (Å²) in [4.78, 5) is 1.74. The van der Waals surface area contributed by atoms with E-state index in [4.69, 9.17) is 11.6 Å². The number of phenolic OH excluding ortho intramolecular Hbond substituents is 1. The Morgan fingerprint density at radius 2 is 1.91 bits per heavy atom. The van der Waals surface area contributed by atoms with Crippen LogP contribution < -0.4 is 0 Å². The van der Waals surface area contributed by atoms with Gasteiger partial charge in [0.1, 0.15) is 5.75 Å². The lowest BCUT2D eigenvalue weighted by Gasteiger charge is -2.33. The Hall–Kier alpha value is -1.46. The highest BCUT2D eigenvalue weighted by Crippen LogP contribution is 2.37. The largest absolute Gasteiger partial charge is 0.507 e. The number of nitrogens with zero attached hydrogens (tertiary/aromatic N) is 1. The number of piperidine rings is 1. The minimum absolute atomic E-state index is 0.0343. The Bertz CT molecular complexity index is 717. The minimum atomic E-state index is -4.16. The highest BCUT2D eigenvalue weighted by molar-refractivity contribution is 6.35. The molecule has 1 N–H and O–H groups in total. The molecule has 124 valence electrons. The van der Waals surface area contributed by atoms with Crippen LogP contribution in [0.3, 0.4) is 0 Å². The molecule has 0 bridgehead atoms. The van der Waals surface area contributed by atoms with Crippen molar-refractivity contribution in [2.45, 2.75) is 25.6 Å². The zero-order chi connectivity index (χ0) is 16.6. The highest BCUT2D eigenvalue weighted by atomic mass is 35.5. The maximum Gasteiger partial charge on any atom is 0.393 e. The second-order valence-electron chi connectivity index (χ2n) is 6.03. The van der Waals surface area contributed by atoms with E-state index in [2.05, 4.69) is 0 Å². The van der Waals surface area contributed by atoms with E-state index in [9.17, 15) is 18.3 Å². The first-order valence-electron chi connectivity index (χ1n) is 7.54. The molecule has 1 aliphatic heterocycles. The van der Waals surface area contributed by atoms with Crippen molar-refractivity contribution in [1.29, 1.82) is 0 Å². The lowest BCUT2D eigenvalue weighted by Crippen LogP contribution is -2.41. The Morgan fingerprint density at radius 3 is 2.61 bits per heavy atom. The van der Waals surface area contributed by atoms with Gasteiger partial charge in [-0.15, -0.1) is 0 Å². The summed E-state index contributed by atoms with van der Waals surface area (Å²) in [5.74, 6) is -1.20. The molecule has 0 radical (unpaired) electrons. The van der Waals surface area contributed by atoms with Gasteiger partial charge in [0.2, 0.25) is 0 Å². The monoisotopic (exact) mass is 343 g/mol. The number of hydrogen-bond donors (Lipinski definition) is 1. The van der Waals surface area contributed by atoms with Gasteiger partial charge in [0.05, 0.1) is 5.92 Å². The summed E-state index contributed by atoms with van der Waals surface area (Å²) >= 11 is 6.24. The summed E-state index contributed by atoms with van der Waals surface area (Å²) in [6.07, 6.45) is -3.49. The van der Waals surface area contributed by atoms with Crippen molar-refractivity contribution >= 4 is 22.4 Å². The maximum absolute atomic E-state index is 12.9. The van der Waals surface area contributed by atoms with Crippen molar-refractivity contribution in [3.05, 3.63) is 40.9 Å². The summed E-state index contributed by atoms with van der Waals surface area (Å²) in [6.45, 7) is 0.826. The van der Waals surface area contributed by atoms with Gasteiger partial charge in [0.15, 0.2) is 0 Å². The van der Waals surface area contributed by atoms with Gasteiger partial charge in [0, 0.05) is 34.4 Å². The van der Waals surface area contributed by atoms with Gasteiger partial charge in [0.25, 0.3) is 0 Å². The Labute approximate surface area is 137 Å². The highest BCUT2D eigenvalue weighted by Gasteiger charge is 2.41. The number of hydrogen-bond acceptors (Lipinski definition) is 2. The number of likely N-dealkylation sites (tertiary alicyclic amines) is 1. The van der Waals surface area contributed by atoms with Crippen LogP contribution in [-0.4, -0.2) is 29.3 Å². The van der Waals surface area contributed by atoms with Gasteiger partial charge >= 0.3 is 6.18 Å². The average molecular weight is 344 g/mol. The number of benzene rings is 2. The van der Waals surface area contributed by atoms with E-state index in [-0.39, 0.29) is 25.3 Å². The van der Waals surface area contributed by atoms with E-state index in [0.717, 1.165) is 5.39 Å². The van der Waals surface area contributed by atoms with Crippen LogP contribution in [0.15, 0.2) is 30.3 Å². The summed E-state index contributed by atoms with van der Waals surface area (Å²) in [6, 6.07) is 8.83. The number of aromatic hydroxyl groups is 1. The molecule has 6 heteroatoms. The molecule has 0 unspecified atom stereocenters. The first kappa shape index (κ1) is 16.4. The normalized spacial score (nSPS) is 20.1. The Kier molecular flexibility index (Phi) is 4.43. The lowest BCUT2D eigenvalue weighted by atomic mass is 9.96. The topological polar surface area (TPSA) is 23.5 Å². The zero-order valence-electron chi connectivity index (χ0n) is 12.4. The van der Waals surface area contributed by atoms with E-state index in [0.29, 0.717) is 28.9 Å². The molecule has 0 aromatic heterocycles. The maximum atomic E-state index is 12.9. The Balaban J connectivity index is 1.85. The first-order valence-corrected chi connectivity index (χ1v) is 7.92. The molecule has 2 nitrogen and oxygen atoms in total. The zero-order valence-corrected chi connectivity index (χ0v) is 13.2. The van der Waals surface area contributed by atoms with Crippen LogP contribution in [0.5, 0.6) is 5.75 Å². The van der Waals surface area contributed by atoms with Gasteiger partial charge in [-0.05, 0) is 25.5 Å². The molecule has 1 fully saturated rings.